The predicted octanol–water partition coefficient (Wildman–Crippen LogP) is 6.87. The van der Waals surface area contributed by atoms with Gasteiger partial charge in [-0.1, -0.05) is 45.4 Å². The van der Waals surface area contributed by atoms with Crippen LogP contribution in [-0.2, 0) is 14.3 Å². The van der Waals surface area contributed by atoms with Crippen LogP contribution in [0.3, 0.4) is 0 Å². The van der Waals surface area contributed by atoms with Gasteiger partial charge in [-0.2, -0.15) is 0 Å². The Bertz CT molecular complexity index is 798. The van der Waals surface area contributed by atoms with Gasteiger partial charge in [-0.15, -0.1) is 0 Å². The van der Waals surface area contributed by atoms with Gasteiger partial charge in [0, 0.05) is 11.8 Å². The van der Waals surface area contributed by atoms with Crippen molar-refractivity contribution < 1.29 is 14.3 Å². The molecule has 4 aliphatic carbocycles. The Morgan fingerprint density at radius 3 is 2.69 bits per heavy atom. The standard InChI is InChI=1S/C29H44O3/c1-6-26-18(2)7-12-27(32-26)31-21-13-15-28(4)20(17-21)8-9-22-24-11-10-23(19(3)30)29(24,5)16-14-25(22)28/h7-8,12,18,21-27H,6,9-11,13-17H2,1-5H3/t18-,21-,22?,23+,24?,25?,26+,27?,28-,29+/m0/s1. The highest BCUT2D eigenvalue weighted by molar-refractivity contribution is 5.79. The monoisotopic (exact) mass is 440 g/mol. The summed E-state index contributed by atoms with van der Waals surface area (Å²) in [5.74, 6) is 3.48. The molecular formula is C29H44O3. The smallest absolute Gasteiger partial charge is 0.177 e. The average Bonchev–Trinajstić information content (AvgIpc) is 3.13. The van der Waals surface area contributed by atoms with Gasteiger partial charge in [0.2, 0.25) is 0 Å². The number of hydrogen-bond donors (Lipinski definition) is 0. The second-order valence-electron chi connectivity index (χ2n) is 12.2. The van der Waals surface area contributed by atoms with E-state index in [1.165, 1.54) is 32.1 Å². The highest BCUT2D eigenvalue weighted by Gasteiger charge is 2.59. The van der Waals surface area contributed by atoms with E-state index >= 15 is 0 Å². The van der Waals surface area contributed by atoms with Crippen molar-refractivity contribution in [1.82, 2.24) is 0 Å². The summed E-state index contributed by atoms with van der Waals surface area (Å²) in [5.41, 5.74) is 2.22. The fourth-order valence-electron chi connectivity index (χ4n) is 8.88. The maximum Gasteiger partial charge on any atom is 0.177 e. The lowest BCUT2D eigenvalue weighted by atomic mass is 9.47. The zero-order valence-corrected chi connectivity index (χ0v) is 20.9. The zero-order valence-electron chi connectivity index (χ0n) is 20.9. The Balaban J connectivity index is 1.29. The van der Waals surface area contributed by atoms with E-state index in [4.69, 9.17) is 9.47 Å². The molecule has 0 aromatic rings. The lowest BCUT2D eigenvalue weighted by Gasteiger charge is -2.58. The number of hydrogen-bond acceptors (Lipinski definition) is 3. The number of Topliss-reactive ketones (excluding diaryl/α,β-unsaturated/α-hetero) is 1. The third-order valence-electron chi connectivity index (χ3n) is 10.7. The van der Waals surface area contributed by atoms with Crippen molar-refractivity contribution in [3.8, 4) is 0 Å². The maximum absolute atomic E-state index is 12.4. The Morgan fingerprint density at radius 2 is 1.94 bits per heavy atom. The molecule has 3 fully saturated rings. The molecule has 1 heterocycles. The van der Waals surface area contributed by atoms with E-state index in [0.717, 1.165) is 43.4 Å². The molecule has 0 bridgehead atoms. The van der Waals surface area contributed by atoms with Crippen LogP contribution in [0.4, 0.5) is 0 Å². The highest BCUT2D eigenvalue weighted by atomic mass is 16.7. The van der Waals surface area contributed by atoms with Crippen LogP contribution in [0, 0.1) is 40.4 Å². The second kappa shape index (κ2) is 8.38. The van der Waals surface area contributed by atoms with Gasteiger partial charge in [-0.25, -0.2) is 0 Å². The van der Waals surface area contributed by atoms with E-state index in [1.54, 1.807) is 5.57 Å². The molecule has 1 aliphatic heterocycles. The van der Waals surface area contributed by atoms with Gasteiger partial charge in [0.25, 0.3) is 0 Å². The van der Waals surface area contributed by atoms with Crippen molar-refractivity contribution in [2.24, 2.45) is 40.4 Å². The Morgan fingerprint density at radius 1 is 1.12 bits per heavy atom. The number of ether oxygens (including phenoxy) is 2. The van der Waals surface area contributed by atoms with Crippen LogP contribution in [0.2, 0.25) is 0 Å². The van der Waals surface area contributed by atoms with E-state index < -0.39 is 0 Å². The number of ketones is 1. The third-order valence-corrected chi connectivity index (χ3v) is 10.7. The number of rotatable bonds is 4. The van der Waals surface area contributed by atoms with Gasteiger partial charge in [-0.05, 0) is 99.4 Å². The molecule has 5 aliphatic rings. The first-order valence-electron chi connectivity index (χ1n) is 13.5. The van der Waals surface area contributed by atoms with Crippen LogP contribution >= 0.6 is 0 Å². The van der Waals surface area contributed by atoms with Crippen molar-refractivity contribution >= 4 is 5.78 Å². The molecule has 0 radical (unpaired) electrons. The van der Waals surface area contributed by atoms with Crippen LogP contribution in [0.25, 0.3) is 0 Å². The summed E-state index contributed by atoms with van der Waals surface area (Å²) < 4.78 is 12.7. The van der Waals surface area contributed by atoms with Crippen LogP contribution in [0.15, 0.2) is 23.8 Å². The van der Waals surface area contributed by atoms with Gasteiger partial charge in [-0.3, -0.25) is 4.79 Å². The lowest BCUT2D eigenvalue weighted by Crippen LogP contribution is -2.51. The van der Waals surface area contributed by atoms with Crippen molar-refractivity contribution in [3.05, 3.63) is 23.8 Å². The van der Waals surface area contributed by atoms with Crippen LogP contribution in [0.1, 0.15) is 92.4 Å². The van der Waals surface area contributed by atoms with E-state index in [2.05, 4.69) is 45.9 Å². The maximum atomic E-state index is 12.4. The minimum atomic E-state index is -0.181. The fraction of sp³-hybridized carbons (Fsp3) is 0.828. The van der Waals surface area contributed by atoms with E-state index in [0.29, 0.717) is 23.0 Å². The molecule has 32 heavy (non-hydrogen) atoms. The fourth-order valence-corrected chi connectivity index (χ4v) is 8.88. The molecule has 3 heteroatoms. The minimum absolute atomic E-state index is 0.181. The first-order chi connectivity index (χ1) is 15.3. The van der Waals surface area contributed by atoms with E-state index in [1.807, 2.05) is 6.92 Å². The molecule has 0 spiro atoms. The largest absolute Gasteiger partial charge is 0.345 e. The quantitative estimate of drug-likeness (QED) is 0.448. The second-order valence-corrected chi connectivity index (χ2v) is 12.2. The molecule has 4 unspecified atom stereocenters. The highest BCUT2D eigenvalue weighted by Crippen LogP contribution is 2.66. The zero-order chi connectivity index (χ0) is 22.7. The SMILES string of the molecule is CC[C@H]1OC(O[C@H]2CC[C@@]3(C)C(=CCC4C3CC[C@@]3(C)C4CC[C@@H]3C(C)=O)C2)C=C[C@@H]1C. The summed E-state index contributed by atoms with van der Waals surface area (Å²) in [7, 11) is 0. The minimum Gasteiger partial charge on any atom is -0.345 e. The summed E-state index contributed by atoms with van der Waals surface area (Å²) in [4.78, 5) is 12.4. The van der Waals surface area contributed by atoms with Gasteiger partial charge in [0.05, 0.1) is 12.2 Å². The van der Waals surface area contributed by atoms with Gasteiger partial charge in [0.1, 0.15) is 5.78 Å². The summed E-state index contributed by atoms with van der Waals surface area (Å²) in [6, 6.07) is 0. The van der Waals surface area contributed by atoms with Crippen LogP contribution < -0.4 is 0 Å². The molecule has 10 atom stereocenters. The third kappa shape index (κ3) is 3.57. The number of carbonyl (C=O) groups excluding carboxylic acids is 1. The molecule has 0 aromatic carbocycles. The van der Waals surface area contributed by atoms with Crippen molar-refractivity contribution in [2.45, 2.75) is 111 Å². The van der Waals surface area contributed by atoms with E-state index in [-0.39, 0.29) is 23.9 Å². The van der Waals surface area contributed by atoms with Crippen molar-refractivity contribution in [3.63, 3.8) is 0 Å². The van der Waals surface area contributed by atoms with Crippen molar-refractivity contribution in [2.75, 3.05) is 0 Å². The number of fused-ring (bicyclic) bond motifs is 5. The van der Waals surface area contributed by atoms with Gasteiger partial charge in [0.15, 0.2) is 6.29 Å². The summed E-state index contributed by atoms with van der Waals surface area (Å²) >= 11 is 0. The Kier molecular flexibility index (Phi) is 5.98. The molecule has 3 nitrogen and oxygen atoms in total. The Labute approximate surface area is 195 Å². The lowest BCUT2D eigenvalue weighted by molar-refractivity contribution is -0.188. The van der Waals surface area contributed by atoms with Crippen LogP contribution in [-0.4, -0.2) is 24.3 Å². The molecule has 0 N–H and O–H groups in total. The first-order valence-corrected chi connectivity index (χ1v) is 13.5. The normalized spacial score (nSPS) is 50.2. The van der Waals surface area contributed by atoms with Gasteiger partial charge >= 0.3 is 0 Å². The molecule has 5 rings (SSSR count). The summed E-state index contributed by atoms with van der Waals surface area (Å²) in [5, 5.41) is 0. The molecular weight excluding hydrogens is 396 g/mol. The van der Waals surface area contributed by atoms with Crippen LogP contribution in [0.5, 0.6) is 0 Å². The van der Waals surface area contributed by atoms with Crippen molar-refractivity contribution in [1.29, 1.82) is 0 Å². The number of carbonyl (C=O) groups is 1. The van der Waals surface area contributed by atoms with Gasteiger partial charge < -0.3 is 9.47 Å². The molecule has 0 amide bonds. The molecule has 0 saturated heterocycles. The first kappa shape index (κ1) is 22.8. The van der Waals surface area contributed by atoms with E-state index in [9.17, 15) is 4.79 Å². The average molecular weight is 441 g/mol. The topological polar surface area (TPSA) is 35.5 Å². The molecule has 178 valence electrons. The molecule has 0 aromatic heterocycles. The number of allylic oxidation sites excluding steroid dienone is 1. The predicted molar refractivity (Wildman–Crippen MR) is 128 cm³/mol. The Hall–Kier alpha value is -0.930. The molecule has 3 saturated carbocycles. The summed E-state index contributed by atoms with van der Waals surface area (Å²) in [6.07, 6.45) is 18.0. The summed E-state index contributed by atoms with van der Waals surface area (Å²) in [6.45, 7) is 11.3.